The minimum atomic E-state index is -0.830. The van der Waals surface area contributed by atoms with Crippen LogP contribution in [0.4, 0.5) is 4.79 Å². The van der Waals surface area contributed by atoms with Crippen LogP contribution < -0.4 is 10.6 Å². The summed E-state index contributed by atoms with van der Waals surface area (Å²) in [6.45, 7) is 0. The van der Waals surface area contributed by atoms with E-state index in [0.29, 0.717) is 0 Å². The van der Waals surface area contributed by atoms with E-state index in [9.17, 15) is 4.79 Å². The molecule has 2 N–H and O–H groups in total. The third kappa shape index (κ3) is 2.72. The van der Waals surface area contributed by atoms with E-state index in [1.807, 2.05) is 0 Å². The number of hydrogen-bond acceptors (Lipinski definition) is 1. The third-order valence-corrected chi connectivity index (χ3v) is 10.7. The first-order valence-electron chi connectivity index (χ1n) is 15.4. The second kappa shape index (κ2) is 8.36. The number of carbonyl (C=O) groups excluding carboxylic acids is 1. The largest absolute Gasteiger partial charge is 0.320 e. The Bertz CT molecular complexity index is 1810. The molecule has 6 aromatic carbocycles. The van der Waals surface area contributed by atoms with Gasteiger partial charge in [-0.3, -0.25) is 0 Å². The quantitative estimate of drug-likeness (QED) is 0.221. The minimum absolute atomic E-state index is 0.142. The van der Waals surface area contributed by atoms with Crippen LogP contribution in [0.1, 0.15) is 78.6 Å². The number of carbonyl (C=O) groups is 1. The van der Waals surface area contributed by atoms with Gasteiger partial charge in [0.1, 0.15) is 11.1 Å². The van der Waals surface area contributed by atoms with Crippen LogP contribution in [0.25, 0.3) is 0 Å². The van der Waals surface area contributed by atoms with Crippen molar-refractivity contribution in [3.05, 3.63) is 212 Å². The molecule has 0 unspecified atom stereocenters. The summed E-state index contributed by atoms with van der Waals surface area (Å²) >= 11 is 0. The molecule has 0 saturated heterocycles. The van der Waals surface area contributed by atoms with Crippen molar-refractivity contribution in [2.45, 2.75) is 22.9 Å². The van der Waals surface area contributed by atoms with Gasteiger partial charge in [0.15, 0.2) is 0 Å². The highest BCUT2D eigenvalue weighted by Gasteiger charge is 2.55. The Morgan fingerprint density at radius 3 is 0.795 bits per heavy atom. The van der Waals surface area contributed by atoms with E-state index in [1.165, 1.54) is 33.4 Å². The molecule has 3 nitrogen and oxygen atoms in total. The molecular weight excluding hydrogens is 536 g/mol. The van der Waals surface area contributed by atoms with E-state index in [-0.39, 0.29) is 17.9 Å². The molecule has 6 aliphatic carbocycles. The highest BCUT2D eigenvalue weighted by atomic mass is 16.2. The molecule has 3 heteroatoms. The van der Waals surface area contributed by atoms with Gasteiger partial charge in [-0.1, -0.05) is 146 Å². The van der Waals surface area contributed by atoms with Crippen LogP contribution in [0.5, 0.6) is 0 Å². The van der Waals surface area contributed by atoms with Crippen LogP contribution in [0.3, 0.4) is 0 Å². The maximum absolute atomic E-state index is 15.0. The van der Waals surface area contributed by atoms with Crippen molar-refractivity contribution < 1.29 is 4.79 Å². The summed E-state index contributed by atoms with van der Waals surface area (Å²) in [5.41, 5.74) is 12.7. The van der Waals surface area contributed by atoms with Crippen LogP contribution in [-0.2, 0) is 11.1 Å². The molecule has 0 saturated carbocycles. The lowest BCUT2D eigenvalue weighted by Crippen LogP contribution is -2.61. The lowest BCUT2D eigenvalue weighted by atomic mass is 9.56. The summed E-state index contributed by atoms with van der Waals surface area (Å²) in [5, 5.41) is 7.31. The predicted octanol–water partition coefficient (Wildman–Crippen LogP) is 7.88. The van der Waals surface area contributed by atoms with Crippen molar-refractivity contribution in [1.29, 1.82) is 0 Å². The molecule has 0 aliphatic heterocycles. The first-order chi connectivity index (χ1) is 21.7. The molecule has 6 aliphatic rings. The number of benzene rings is 6. The Kier molecular flexibility index (Phi) is 4.57. The number of urea groups is 1. The Balaban J connectivity index is 1.20. The summed E-state index contributed by atoms with van der Waals surface area (Å²) in [5.74, 6) is 0.284. The van der Waals surface area contributed by atoms with E-state index in [0.717, 1.165) is 33.4 Å². The highest BCUT2D eigenvalue weighted by Crippen LogP contribution is 2.59. The van der Waals surface area contributed by atoms with Gasteiger partial charge in [-0.2, -0.15) is 0 Å². The van der Waals surface area contributed by atoms with Gasteiger partial charge in [0.25, 0.3) is 0 Å². The topological polar surface area (TPSA) is 41.1 Å². The second-order valence-electron chi connectivity index (χ2n) is 12.5. The van der Waals surface area contributed by atoms with Gasteiger partial charge in [0.05, 0.1) is 0 Å². The standard InChI is InChI=1S/C41H28N2O/c44-39(42-40-31-19-7-1-13-25(31)37(26-14-2-8-20-32(26)40)27-15-3-9-21-33(27)40)43-41-34-22-10-4-16-28(34)38(29-17-5-11-23-35(29)41)30-18-6-12-24-36(30)41/h1-24,37-38H,(H2,42,43,44). The van der Waals surface area contributed by atoms with Gasteiger partial charge in [0.2, 0.25) is 0 Å². The second-order valence-corrected chi connectivity index (χ2v) is 12.5. The summed E-state index contributed by atoms with van der Waals surface area (Å²) < 4.78 is 0. The van der Waals surface area contributed by atoms with Crippen LogP contribution >= 0.6 is 0 Å². The normalized spacial score (nSPS) is 23.7. The fourth-order valence-corrected chi connectivity index (χ4v) is 9.19. The van der Waals surface area contributed by atoms with E-state index in [4.69, 9.17) is 0 Å². The zero-order valence-corrected chi connectivity index (χ0v) is 23.9. The summed E-state index contributed by atoms with van der Waals surface area (Å²) in [7, 11) is 0. The average molecular weight is 565 g/mol. The zero-order valence-electron chi connectivity index (χ0n) is 23.9. The van der Waals surface area contributed by atoms with Gasteiger partial charge in [-0.15, -0.1) is 0 Å². The molecule has 12 rings (SSSR count). The van der Waals surface area contributed by atoms with Gasteiger partial charge in [0, 0.05) is 11.8 Å². The van der Waals surface area contributed by atoms with Crippen LogP contribution in [-0.4, -0.2) is 6.03 Å². The van der Waals surface area contributed by atoms with Crippen molar-refractivity contribution in [2.75, 3.05) is 0 Å². The Hall–Kier alpha value is -5.41. The fourth-order valence-electron chi connectivity index (χ4n) is 9.19. The number of rotatable bonds is 2. The van der Waals surface area contributed by atoms with Crippen LogP contribution in [0.2, 0.25) is 0 Å². The zero-order chi connectivity index (χ0) is 29.0. The number of nitrogens with one attached hydrogen (secondary N) is 2. The highest BCUT2D eigenvalue weighted by molar-refractivity contribution is 5.85. The first-order valence-corrected chi connectivity index (χ1v) is 15.4. The molecule has 2 amide bonds. The smallest absolute Gasteiger partial charge is 0.317 e. The first kappa shape index (κ1) is 24.1. The Morgan fingerprint density at radius 2 is 0.568 bits per heavy atom. The monoisotopic (exact) mass is 564 g/mol. The van der Waals surface area contributed by atoms with Crippen molar-refractivity contribution in [3.8, 4) is 0 Å². The average Bonchev–Trinajstić information content (AvgIpc) is 3.09. The summed E-state index contributed by atoms with van der Waals surface area (Å²) in [4.78, 5) is 15.0. The molecule has 6 aromatic rings. The maximum Gasteiger partial charge on any atom is 0.317 e. The van der Waals surface area contributed by atoms with Crippen molar-refractivity contribution in [3.63, 3.8) is 0 Å². The molecule has 4 bridgehead atoms. The van der Waals surface area contributed by atoms with Crippen molar-refractivity contribution in [2.24, 2.45) is 0 Å². The molecule has 0 heterocycles. The molecule has 0 radical (unpaired) electrons. The molecule has 0 aromatic heterocycles. The van der Waals surface area contributed by atoms with Crippen LogP contribution in [0.15, 0.2) is 146 Å². The Morgan fingerprint density at radius 1 is 0.364 bits per heavy atom. The SMILES string of the molecule is O=C(NC12c3ccccc3C(c3ccccc31)c1ccccc12)NC12c3ccccc3C(c3ccccc31)c1ccccc12. The fraction of sp³-hybridized carbons (Fsp3) is 0.0976. The lowest BCUT2D eigenvalue weighted by molar-refractivity contribution is 0.224. The summed E-state index contributed by atoms with van der Waals surface area (Å²) in [6.07, 6.45) is 0. The van der Waals surface area contributed by atoms with E-state index >= 15 is 0 Å². The van der Waals surface area contributed by atoms with Gasteiger partial charge in [-0.25, -0.2) is 4.79 Å². The molecular formula is C41H28N2O. The van der Waals surface area contributed by atoms with E-state index < -0.39 is 11.1 Å². The maximum atomic E-state index is 15.0. The molecule has 0 fully saturated rings. The Labute approximate surface area is 256 Å². The van der Waals surface area contributed by atoms with Gasteiger partial charge >= 0.3 is 6.03 Å². The lowest BCUT2D eigenvalue weighted by Gasteiger charge is -2.53. The molecule has 44 heavy (non-hydrogen) atoms. The third-order valence-electron chi connectivity index (χ3n) is 10.7. The number of hydrogen-bond donors (Lipinski definition) is 2. The molecule has 0 atom stereocenters. The predicted molar refractivity (Wildman–Crippen MR) is 172 cm³/mol. The van der Waals surface area contributed by atoms with Crippen molar-refractivity contribution in [1.82, 2.24) is 10.6 Å². The van der Waals surface area contributed by atoms with Gasteiger partial charge in [-0.05, 0) is 66.8 Å². The number of amides is 2. The van der Waals surface area contributed by atoms with Gasteiger partial charge < -0.3 is 10.6 Å². The van der Waals surface area contributed by atoms with Crippen LogP contribution in [0, 0.1) is 0 Å². The summed E-state index contributed by atoms with van der Waals surface area (Å²) in [6, 6.07) is 51.6. The minimum Gasteiger partial charge on any atom is -0.320 e. The van der Waals surface area contributed by atoms with E-state index in [1.54, 1.807) is 0 Å². The molecule has 0 spiro atoms. The van der Waals surface area contributed by atoms with E-state index in [2.05, 4.69) is 156 Å². The van der Waals surface area contributed by atoms with Crippen molar-refractivity contribution >= 4 is 6.03 Å². The molecule has 208 valence electrons.